The quantitative estimate of drug-likeness (QED) is 0.352. The molecular weight excluding hydrogens is 456 g/mol. The minimum Gasteiger partial charge on any atom is -0.497 e. The van der Waals surface area contributed by atoms with Gasteiger partial charge in [-0.15, -0.1) is 12.4 Å². The van der Waals surface area contributed by atoms with Crippen LogP contribution in [0.25, 0.3) is 10.2 Å². The van der Waals surface area contributed by atoms with E-state index < -0.39 is 0 Å². The molecule has 0 aliphatic rings. The van der Waals surface area contributed by atoms with Crippen LogP contribution in [0.15, 0.2) is 42.5 Å². The molecule has 0 atom stereocenters. The Labute approximate surface area is 207 Å². The van der Waals surface area contributed by atoms with Crippen molar-refractivity contribution in [3.63, 3.8) is 0 Å². The first-order valence-corrected chi connectivity index (χ1v) is 12.2. The first kappa shape index (κ1) is 26.9. The van der Waals surface area contributed by atoms with Gasteiger partial charge in [-0.3, -0.25) is 9.69 Å². The second-order valence-corrected chi connectivity index (χ2v) is 8.54. The fourth-order valence-corrected chi connectivity index (χ4v) is 4.73. The van der Waals surface area contributed by atoms with Gasteiger partial charge in [-0.2, -0.15) is 0 Å². The molecule has 1 aromatic heterocycles. The minimum atomic E-state index is -0.0192. The van der Waals surface area contributed by atoms with Crippen LogP contribution in [-0.4, -0.2) is 62.2 Å². The van der Waals surface area contributed by atoms with Gasteiger partial charge in [0, 0.05) is 43.5 Å². The topological polar surface area (TPSA) is 48.9 Å². The van der Waals surface area contributed by atoms with E-state index >= 15 is 0 Å². The number of fused-ring (bicyclic) bond motifs is 1. The summed E-state index contributed by atoms with van der Waals surface area (Å²) in [6.45, 7) is 13.7. The smallest absolute Gasteiger partial charge is 0.260 e. The Morgan fingerprint density at radius 1 is 0.939 bits per heavy atom. The fraction of sp³-hybridized carbons (Fsp3) is 0.440. The Morgan fingerprint density at radius 3 is 2.18 bits per heavy atom. The van der Waals surface area contributed by atoms with Crippen LogP contribution < -0.4 is 14.5 Å². The van der Waals surface area contributed by atoms with E-state index in [1.807, 2.05) is 47.4 Å². The van der Waals surface area contributed by atoms with E-state index in [0.717, 1.165) is 59.5 Å². The lowest BCUT2D eigenvalue weighted by Gasteiger charge is -2.25. The molecule has 0 bridgehead atoms. The molecular formula is C25H35ClN4O2S. The number of nitrogens with zero attached hydrogens (tertiary/aromatic N) is 4. The zero-order valence-corrected chi connectivity index (χ0v) is 21.8. The number of rotatable bonds is 11. The van der Waals surface area contributed by atoms with E-state index in [4.69, 9.17) is 9.72 Å². The first-order valence-electron chi connectivity index (χ1n) is 11.4. The summed E-state index contributed by atoms with van der Waals surface area (Å²) in [5.74, 6) is 0.747. The molecule has 0 radical (unpaired) electrons. The van der Waals surface area contributed by atoms with Crippen molar-refractivity contribution in [1.82, 2.24) is 9.88 Å². The van der Waals surface area contributed by atoms with E-state index in [1.165, 1.54) is 0 Å². The van der Waals surface area contributed by atoms with Crippen molar-refractivity contribution in [2.75, 3.05) is 56.2 Å². The second-order valence-electron chi connectivity index (χ2n) is 7.53. The normalized spacial score (nSPS) is 10.8. The Kier molecular flexibility index (Phi) is 10.4. The summed E-state index contributed by atoms with van der Waals surface area (Å²) in [7, 11) is 1.65. The molecule has 0 saturated heterocycles. The van der Waals surface area contributed by atoms with Gasteiger partial charge < -0.3 is 14.5 Å². The molecule has 6 nitrogen and oxygen atoms in total. The molecule has 3 rings (SSSR count). The van der Waals surface area contributed by atoms with Gasteiger partial charge in [-0.25, -0.2) is 4.98 Å². The van der Waals surface area contributed by atoms with Crippen LogP contribution >= 0.6 is 23.7 Å². The maximum Gasteiger partial charge on any atom is 0.260 e. The number of anilines is 2. The maximum absolute atomic E-state index is 13.6. The molecule has 0 N–H and O–H groups in total. The second kappa shape index (κ2) is 12.8. The standard InChI is InChI=1S/C25H34N4O2S.ClH/c1-6-27(7-2)16-17-29(25-26-22-18-21(31-5)14-15-23(22)32-25)24(30)19-10-12-20(13-11-19)28(8-3)9-4;/h10-15,18H,6-9,16-17H2,1-5H3;1H. The van der Waals surface area contributed by atoms with E-state index in [-0.39, 0.29) is 18.3 Å². The number of halogens is 1. The van der Waals surface area contributed by atoms with Crippen LogP contribution in [0.3, 0.4) is 0 Å². The van der Waals surface area contributed by atoms with Crippen LogP contribution in [-0.2, 0) is 0 Å². The highest BCUT2D eigenvalue weighted by Gasteiger charge is 2.22. The van der Waals surface area contributed by atoms with E-state index in [1.54, 1.807) is 18.4 Å². The van der Waals surface area contributed by atoms with E-state index in [2.05, 4.69) is 37.5 Å². The Hall–Kier alpha value is -2.35. The van der Waals surface area contributed by atoms with Gasteiger partial charge in [0.05, 0.1) is 17.3 Å². The fourth-order valence-electron chi connectivity index (χ4n) is 3.76. The number of methoxy groups -OCH3 is 1. The molecule has 1 heterocycles. The number of carbonyl (C=O) groups is 1. The summed E-state index contributed by atoms with van der Waals surface area (Å²) in [6.07, 6.45) is 0. The van der Waals surface area contributed by atoms with Crippen molar-refractivity contribution in [3.8, 4) is 5.75 Å². The average Bonchev–Trinajstić information content (AvgIpc) is 3.25. The lowest BCUT2D eigenvalue weighted by atomic mass is 10.1. The average molecular weight is 491 g/mol. The molecule has 3 aromatic rings. The van der Waals surface area contributed by atoms with Crippen LogP contribution in [0.4, 0.5) is 10.8 Å². The molecule has 0 aliphatic heterocycles. The summed E-state index contributed by atoms with van der Waals surface area (Å²) in [4.78, 5) is 24.8. The molecule has 8 heteroatoms. The number of hydrogen-bond donors (Lipinski definition) is 0. The summed E-state index contributed by atoms with van der Waals surface area (Å²) < 4.78 is 6.38. The Balaban J connectivity index is 0.00000385. The van der Waals surface area contributed by atoms with Crippen molar-refractivity contribution in [2.45, 2.75) is 27.7 Å². The van der Waals surface area contributed by atoms with Gasteiger partial charge in [0.25, 0.3) is 5.91 Å². The molecule has 33 heavy (non-hydrogen) atoms. The van der Waals surface area contributed by atoms with Crippen molar-refractivity contribution >= 4 is 50.7 Å². The lowest BCUT2D eigenvalue weighted by molar-refractivity contribution is 0.0984. The van der Waals surface area contributed by atoms with Gasteiger partial charge in [-0.1, -0.05) is 25.2 Å². The summed E-state index contributed by atoms with van der Waals surface area (Å²) in [6, 6.07) is 13.8. The minimum absolute atomic E-state index is 0. The van der Waals surface area contributed by atoms with Crippen LogP contribution in [0.1, 0.15) is 38.1 Å². The molecule has 0 aliphatic carbocycles. The molecule has 0 spiro atoms. The number of likely N-dealkylation sites (N-methyl/N-ethyl adjacent to an activating group) is 1. The first-order chi connectivity index (χ1) is 15.5. The van der Waals surface area contributed by atoms with Gasteiger partial charge >= 0.3 is 0 Å². The zero-order chi connectivity index (χ0) is 23.1. The van der Waals surface area contributed by atoms with Gasteiger partial charge in [0.2, 0.25) is 0 Å². The predicted molar refractivity (Wildman–Crippen MR) is 143 cm³/mol. The number of carbonyl (C=O) groups excluding carboxylic acids is 1. The molecule has 0 fully saturated rings. The van der Waals surface area contributed by atoms with Crippen molar-refractivity contribution in [3.05, 3.63) is 48.0 Å². The highest BCUT2D eigenvalue weighted by molar-refractivity contribution is 7.22. The monoisotopic (exact) mass is 490 g/mol. The third-order valence-electron chi connectivity index (χ3n) is 5.84. The van der Waals surface area contributed by atoms with Crippen LogP contribution in [0.5, 0.6) is 5.75 Å². The SMILES string of the molecule is CCN(CC)CCN(C(=O)c1ccc(N(CC)CC)cc1)c1nc2cc(OC)ccc2s1.Cl. The summed E-state index contributed by atoms with van der Waals surface area (Å²) in [5, 5.41) is 0.721. The number of amides is 1. The van der Waals surface area contributed by atoms with Gasteiger partial charge in [-0.05, 0) is 63.3 Å². The Bertz CT molecular complexity index is 1020. The number of aromatic nitrogens is 1. The largest absolute Gasteiger partial charge is 0.497 e. The van der Waals surface area contributed by atoms with Crippen molar-refractivity contribution in [2.24, 2.45) is 0 Å². The summed E-state index contributed by atoms with van der Waals surface area (Å²) in [5.41, 5.74) is 2.66. The van der Waals surface area contributed by atoms with Crippen LogP contribution in [0, 0.1) is 0 Å². The molecule has 1 amide bonds. The van der Waals surface area contributed by atoms with Crippen LogP contribution in [0.2, 0.25) is 0 Å². The zero-order valence-electron chi connectivity index (χ0n) is 20.2. The highest BCUT2D eigenvalue weighted by Crippen LogP contribution is 2.32. The Morgan fingerprint density at radius 2 is 1.61 bits per heavy atom. The summed E-state index contributed by atoms with van der Waals surface area (Å²) >= 11 is 1.54. The predicted octanol–water partition coefficient (Wildman–Crippen LogP) is 5.56. The van der Waals surface area contributed by atoms with Crippen molar-refractivity contribution < 1.29 is 9.53 Å². The third-order valence-corrected chi connectivity index (χ3v) is 6.90. The molecule has 2 aromatic carbocycles. The number of benzene rings is 2. The highest BCUT2D eigenvalue weighted by atomic mass is 35.5. The van der Waals surface area contributed by atoms with E-state index in [9.17, 15) is 4.79 Å². The van der Waals surface area contributed by atoms with Crippen molar-refractivity contribution in [1.29, 1.82) is 0 Å². The van der Waals surface area contributed by atoms with Gasteiger partial charge in [0.15, 0.2) is 5.13 Å². The molecule has 0 unspecified atom stereocenters. The van der Waals surface area contributed by atoms with Gasteiger partial charge in [0.1, 0.15) is 5.75 Å². The maximum atomic E-state index is 13.6. The number of thiazole rings is 1. The van der Waals surface area contributed by atoms with E-state index in [0.29, 0.717) is 12.1 Å². The molecule has 180 valence electrons. The number of ether oxygens (including phenoxy) is 1. The third kappa shape index (κ3) is 6.37. The number of hydrogen-bond acceptors (Lipinski definition) is 6. The lowest BCUT2D eigenvalue weighted by Crippen LogP contribution is -2.38. The molecule has 0 saturated carbocycles.